The van der Waals surface area contributed by atoms with Crippen molar-refractivity contribution in [2.45, 2.75) is 39.2 Å². The van der Waals surface area contributed by atoms with Crippen LogP contribution in [-0.2, 0) is 11.2 Å². The van der Waals surface area contributed by atoms with E-state index in [4.69, 9.17) is 0 Å². The van der Waals surface area contributed by atoms with Crippen molar-refractivity contribution in [3.05, 3.63) is 28.2 Å². The van der Waals surface area contributed by atoms with Crippen molar-refractivity contribution < 1.29 is 4.79 Å². The maximum absolute atomic E-state index is 10.4. The van der Waals surface area contributed by atoms with E-state index in [1.165, 1.54) is 5.56 Å². The molecule has 7 heteroatoms. The van der Waals surface area contributed by atoms with Crippen molar-refractivity contribution >= 4 is 29.6 Å². The van der Waals surface area contributed by atoms with Crippen LogP contribution in [0, 0.1) is 6.92 Å². The first-order valence-corrected chi connectivity index (χ1v) is 7.82. The van der Waals surface area contributed by atoms with Crippen LogP contribution in [0.3, 0.4) is 0 Å². The molecular weight excluding hydrogens is 286 g/mol. The molecule has 0 aliphatic rings. The first kappa shape index (κ1) is 15.4. The molecule has 2 rings (SSSR count). The third-order valence-electron chi connectivity index (χ3n) is 2.99. The van der Waals surface area contributed by atoms with Gasteiger partial charge in [-0.05, 0) is 55.5 Å². The SMILES string of the molecule is Cc1nc(NC=O)nc(NC(C)CCCc2ccsc2)n1. The van der Waals surface area contributed by atoms with Crippen LogP contribution in [-0.4, -0.2) is 27.4 Å². The van der Waals surface area contributed by atoms with Gasteiger partial charge in [0.2, 0.25) is 18.3 Å². The Morgan fingerprint density at radius 3 is 2.86 bits per heavy atom. The zero-order valence-corrected chi connectivity index (χ0v) is 13.0. The van der Waals surface area contributed by atoms with Gasteiger partial charge in [0.15, 0.2) is 0 Å². The van der Waals surface area contributed by atoms with Crippen LogP contribution in [0.15, 0.2) is 16.8 Å². The van der Waals surface area contributed by atoms with E-state index in [0.29, 0.717) is 18.2 Å². The van der Waals surface area contributed by atoms with Crippen LogP contribution in [0.1, 0.15) is 31.2 Å². The fraction of sp³-hybridized carbons (Fsp3) is 0.429. The van der Waals surface area contributed by atoms with Gasteiger partial charge < -0.3 is 5.32 Å². The van der Waals surface area contributed by atoms with Gasteiger partial charge in [0.1, 0.15) is 5.82 Å². The van der Waals surface area contributed by atoms with Gasteiger partial charge in [-0.1, -0.05) is 0 Å². The van der Waals surface area contributed by atoms with E-state index in [-0.39, 0.29) is 12.0 Å². The Bertz CT molecular complexity index is 573. The van der Waals surface area contributed by atoms with Gasteiger partial charge in [0.05, 0.1) is 0 Å². The normalized spacial score (nSPS) is 11.9. The lowest BCUT2D eigenvalue weighted by Crippen LogP contribution is -2.18. The molecule has 1 unspecified atom stereocenters. The zero-order chi connectivity index (χ0) is 15.1. The Hall–Kier alpha value is -2.02. The smallest absolute Gasteiger partial charge is 0.234 e. The van der Waals surface area contributed by atoms with E-state index in [1.54, 1.807) is 18.3 Å². The lowest BCUT2D eigenvalue weighted by molar-refractivity contribution is -0.105. The number of rotatable bonds is 8. The minimum Gasteiger partial charge on any atom is -0.352 e. The summed E-state index contributed by atoms with van der Waals surface area (Å²) in [6.45, 7) is 3.86. The van der Waals surface area contributed by atoms with E-state index in [1.807, 2.05) is 0 Å². The molecular formula is C14H19N5OS. The number of aryl methyl sites for hydroxylation is 2. The number of aromatic nitrogens is 3. The zero-order valence-electron chi connectivity index (χ0n) is 12.2. The van der Waals surface area contributed by atoms with E-state index < -0.39 is 0 Å². The summed E-state index contributed by atoms with van der Waals surface area (Å²) in [4.78, 5) is 22.8. The highest BCUT2D eigenvalue weighted by atomic mass is 32.1. The van der Waals surface area contributed by atoms with Crippen molar-refractivity contribution in [3.63, 3.8) is 0 Å². The van der Waals surface area contributed by atoms with E-state index >= 15 is 0 Å². The molecule has 0 aliphatic heterocycles. The summed E-state index contributed by atoms with van der Waals surface area (Å²) in [7, 11) is 0. The average Bonchev–Trinajstić information content (AvgIpc) is 2.91. The molecule has 2 N–H and O–H groups in total. The molecule has 0 bridgehead atoms. The number of amides is 1. The maximum atomic E-state index is 10.4. The van der Waals surface area contributed by atoms with Gasteiger partial charge in [0, 0.05) is 6.04 Å². The van der Waals surface area contributed by atoms with Gasteiger partial charge in [-0.3, -0.25) is 10.1 Å². The predicted molar refractivity (Wildman–Crippen MR) is 84.6 cm³/mol. The number of carbonyl (C=O) groups is 1. The standard InChI is InChI=1S/C14H19N5OS/c1-10(4-3-5-12-6-7-21-8-12)16-14-18-11(2)17-13(19-14)15-9-20/h6-10H,3-5H2,1-2H3,(H2,15,16,17,18,19,20). The fourth-order valence-electron chi connectivity index (χ4n) is 2.00. The van der Waals surface area contributed by atoms with Crippen molar-refractivity contribution in [1.29, 1.82) is 0 Å². The third kappa shape index (κ3) is 5.11. The van der Waals surface area contributed by atoms with Crippen molar-refractivity contribution in [3.8, 4) is 0 Å². The second-order valence-corrected chi connectivity index (χ2v) is 5.64. The summed E-state index contributed by atoms with van der Waals surface area (Å²) in [5, 5.41) is 9.98. The van der Waals surface area contributed by atoms with Crippen molar-refractivity contribution in [1.82, 2.24) is 15.0 Å². The number of anilines is 2. The lowest BCUT2D eigenvalue weighted by Gasteiger charge is -2.14. The lowest BCUT2D eigenvalue weighted by atomic mass is 10.1. The van der Waals surface area contributed by atoms with Crippen molar-refractivity contribution in [2.24, 2.45) is 0 Å². The number of hydrogen-bond acceptors (Lipinski definition) is 6. The summed E-state index contributed by atoms with van der Waals surface area (Å²) in [5.41, 5.74) is 1.39. The van der Waals surface area contributed by atoms with Crippen LogP contribution < -0.4 is 10.6 Å². The minimum atomic E-state index is 0.259. The van der Waals surface area contributed by atoms with Crippen molar-refractivity contribution in [2.75, 3.05) is 10.6 Å². The summed E-state index contributed by atoms with van der Waals surface area (Å²) in [6, 6.07) is 2.42. The molecule has 2 aromatic rings. The molecule has 0 saturated carbocycles. The van der Waals surface area contributed by atoms with Crippen LogP contribution >= 0.6 is 11.3 Å². The second-order valence-electron chi connectivity index (χ2n) is 4.86. The van der Waals surface area contributed by atoms with E-state index in [2.05, 4.69) is 49.3 Å². The topological polar surface area (TPSA) is 79.8 Å². The molecule has 0 radical (unpaired) electrons. The number of nitrogens with one attached hydrogen (secondary N) is 2. The Balaban J connectivity index is 1.83. The van der Waals surface area contributed by atoms with E-state index in [0.717, 1.165) is 19.3 Å². The molecule has 0 spiro atoms. The summed E-state index contributed by atoms with van der Waals surface area (Å²) in [6.07, 6.45) is 3.78. The van der Waals surface area contributed by atoms with Gasteiger partial charge in [0.25, 0.3) is 0 Å². The molecule has 2 aromatic heterocycles. The first-order valence-electron chi connectivity index (χ1n) is 6.88. The Labute approximate surface area is 128 Å². The largest absolute Gasteiger partial charge is 0.352 e. The summed E-state index contributed by atoms with van der Waals surface area (Å²) in [5.74, 6) is 1.34. The highest BCUT2D eigenvalue weighted by molar-refractivity contribution is 7.07. The van der Waals surface area contributed by atoms with Gasteiger partial charge in [-0.2, -0.15) is 26.3 Å². The van der Waals surface area contributed by atoms with Crippen LogP contribution in [0.25, 0.3) is 0 Å². The Kier molecular flexibility index (Phi) is 5.62. The number of nitrogens with zero attached hydrogens (tertiary/aromatic N) is 3. The Morgan fingerprint density at radius 2 is 2.14 bits per heavy atom. The highest BCUT2D eigenvalue weighted by Crippen LogP contribution is 2.12. The first-order chi connectivity index (χ1) is 10.2. The number of thiophene rings is 1. The average molecular weight is 305 g/mol. The van der Waals surface area contributed by atoms with Crippen LogP contribution in [0.4, 0.5) is 11.9 Å². The summed E-state index contributed by atoms with van der Waals surface area (Å²) < 4.78 is 0. The van der Waals surface area contributed by atoms with Crippen LogP contribution in [0.2, 0.25) is 0 Å². The molecule has 112 valence electrons. The highest BCUT2D eigenvalue weighted by Gasteiger charge is 2.07. The van der Waals surface area contributed by atoms with Gasteiger partial charge in [-0.25, -0.2) is 0 Å². The number of hydrogen-bond donors (Lipinski definition) is 2. The van der Waals surface area contributed by atoms with Gasteiger partial charge >= 0.3 is 0 Å². The van der Waals surface area contributed by atoms with Crippen LogP contribution in [0.5, 0.6) is 0 Å². The number of carbonyl (C=O) groups excluding carboxylic acids is 1. The third-order valence-corrected chi connectivity index (χ3v) is 3.73. The molecule has 0 aliphatic carbocycles. The molecule has 2 heterocycles. The molecule has 0 aromatic carbocycles. The van der Waals surface area contributed by atoms with E-state index in [9.17, 15) is 4.79 Å². The molecule has 6 nitrogen and oxygen atoms in total. The molecule has 21 heavy (non-hydrogen) atoms. The quantitative estimate of drug-likeness (QED) is 0.733. The Morgan fingerprint density at radius 1 is 1.33 bits per heavy atom. The molecule has 1 atom stereocenters. The monoisotopic (exact) mass is 305 g/mol. The molecule has 0 fully saturated rings. The van der Waals surface area contributed by atoms with Gasteiger partial charge in [-0.15, -0.1) is 0 Å². The second kappa shape index (κ2) is 7.68. The minimum absolute atomic E-state index is 0.259. The maximum Gasteiger partial charge on any atom is 0.234 e. The summed E-state index contributed by atoms with van der Waals surface area (Å²) >= 11 is 1.73. The fourth-order valence-corrected chi connectivity index (χ4v) is 2.71. The molecule has 0 saturated heterocycles. The molecule has 1 amide bonds. The predicted octanol–water partition coefficient (Wildman–Crippen LogP) is 2.63.